The van der Waals surface area contributed by atoms with E-state index in [2.05, 4.69) is 49.4 Å². The average molecular weight is 249 g/mol. The lowest BCUT2D eigenvalue weighted by atomic mass is 9.91. The van der Waals surface area contributed by atoms with Gasteiger partial charge in [-0.25, -0.2) is 0 Å². The number of fused-ring (bicyclic) bond motifs is 3. The summed E-state index contributed by atoms with van der Waals surface area (Å²) in [6, 6.07) is 18.6. The van der Waals surface area contributed by atoms with Crippen molar-refractivity contribution >= 4 is 0 Å². The first kappa shape index (κ1) is 12.5. The van der Waals surface area contributed by atoms with Gasteiger partial charge in [-0.2, -0.15) is 0 Å². The van der Waals surface area contributed by atoms with Crippen molar-refractivity contribution < 1.29 is 0 Å². The lowest BCUT2D eigenvalue weighted by Crippen LogP contribution is -1.96. The summed E-state index contributed by atoms with van der Waals surface area (Å²) in [4.78, 5) is 0. The van der Waals surface area contributed by atoms with Crippen LogP contribution >= 0.6 is 0 Å². The van der Waals surface area contributed by atoms with E-state index >= 15 is 0 Å². The SMILES string of the molecule is CCCCCCC1c2c[c]ccc2-c2ccccc21. The fraction of sp³-hybridized carbons (Fsp3) is 0.368. The van der Waals surface area contributed by atoms with Crippen LogP contribution in [0.25, 0.3) is 11.1 Å². The third kappa shape index (κ3) is 2.32. The molecule has 0 heteroatoms. The smallest absolute Gasteiger partial charge is 0.0102 e. The molecule has 0 bridgehead atoms. The fourth-order valence-corrected chi connectivity index (χ4v) is 3.28. The molecule has 1 atom stereocenters. The van der Waals surface area contributed by atoms with Crippen molar-refractivity contribution in [2.45, 2.75) is 44.9 Å². The van der Waals surface area contributed by atoms with Crippen LogP contribution in [0.1, 0.15) is 56.1 Å². The van der Waals surface area contributed by atoms with E-state index in [1.54, 1.807) is 0 Å². The van der Waals surface area contributed by atoms with E-state index in [4.69, 9.17) is 0 Å². The summed E-state index contributed by atoms with van der Waals surface area (Å²) in [7, 11) is 0. The second kappa shape index (κ2) is 5.61. The first-order valence-corrected chi connectivity index (χ1v) is 7.51. The second-order valence-corrected chi connectivity index (χ2v) is 5.50. The van der Waals surface area contributed by atoms with Crippen molar-refractivity contribution in [3.8, 4) is 11.1 Å². The van der Waals surface area contributed by atoms with Crippen molar-refractivity contribution in [2.24, 2.45) is 0 Å². The average Bonchev–Trinajstić information content (AvgIpc) is 2.78. The largest absolute Gasteiger partial charge is 0.0654 e. The molecule has 0 aromatic heterocycles. The van der Waals surface area contributed by atoms with Crippen molar-refractivity contribution in [2.75, 3.05) is 0 Å². The summed E-state index contributed by atoms with van der Waals surface area (Å²) in [6.07, 6.45) is 6.65. The highest BCUT2D eigenvalue weighted by Crippen LogP contribution is 2.46. The van der Waals surface area contributed by atoms with Gasteiger partial charge in [-0.15, -0.1) is 0 Å². The van der Waals surface area contributed by atoms with Gasteiger partial charge in [0, 0.05) is 5.92 Å². The highest BCUT2D eigenvalue weighted by Gasteiger charge is 2.27. The van der Waals surface area contributed by atoms with Gasteiger partial charge in [0.05, 0.1) is 0 Å². The number of benzene rings is 2. The maximum absolute atomic E-state index is 3.26. The summed E-state index contributed by atoms with van der Waals surface area (Å²) in [5, 5.41) is 0. The number of rotatable bonds is 5. The lowest BCUT2D eigenvalue weighted by molar-refractivity contribution is 0.601. The van der Waals surface area contributed by atoms with Crippen LogP contribution in [0.4, 0.5) is 0 Å². The Balaban J connectivity index is 1.87. The molecule has 0 saturated heterocycles. The Morgan fingerprint density at radius 1 is 0.947 bits per heavy atom. The molecule has 0 saturated carbocycles. The van der Waals surface area contributed by atoms with Gasteiger partial charge in [0.2, 0.25) is 0 Å². The van der Waals surface area contributed by atoms with Gasteiger partial charge >= 0.3 is 0 Å². The molecular weight excluding hydrogens is 228 g/mol. The summed E-state index contributed by atoms with van der Waals surface area (Å²) >= 11 is 0. The highest BCUT2D eigenvalue weighted by atomic mass is 14.3. The molecule has 97 valence electrons. The Bertz CT molecular complexity index is 508. The van der Waals surface area contributed by atoms with Crippen molar-refractivity contribution in [3.05, 3.63) is 59.7 Å². The monoisotopic (exact) mass is 249 g/mol. The molecule has 19 heavy (non-hydrogen) atoms. The molecule has 0 spiro atoms. The van der Waals surface area contributed by atoms with E-state index in [9.17, 15) is 0 Å². The quantitative estimate of drug-likeness (QED) is 0.608. The molecule has 1 unspecified atom stereocenters. The van der Waals surface area contributed by atoms with Crippen LogP contribution in [-0.4, -0.2) is 0 Å². The molecule has 0 fully saturated rings. The number of unbranched alkanes of at least 4 members (excludes halogenated alkanes) is 3. The molecule has 0 nitrogen and oxygen atoms in total. The van der Waals surface area contributed by atoms with Gasteiger partial charge in [-0.3, -0.25) is 0 Å². The molecule has 0 N–H and O–H groups in total. The molecule has 0 aliphatic heterocycles. The molecule has 0 amide bonds. The zero-order chi connectivity index (χ0) is 13.1. The molecule has 0 heterocycles. The van der Waals surface area contributed by atoms with Crippen LogP contribution in [0.2, 0.25) is 0 Å². The Labute approximate surface area is 116 Å². The van der Waals surface area contributed by atoms with Crippen LogP contribution in [0.3, 0.4) is 0 Å². The van der Waals surface area contributed by atoms with Gasteiger partial charge in [0.25, 0.3) is 0 Å². The normalized spacial score (nSPS) is 13.3. The van der Waals surface area contributed by atoms with Crippen LogP contribution in [0.15, 0.2) is 42.5 Å². The fourth-order valence-electron chi connectivity index (χ4n) is 3.28. The van der Waals surface area contributed by atoms with Crippen molar-refractivity contribution in [3.63, 3.8) is 0 Å². The molecular formula is C19H21. The highest BCUT2D eigenvalue weighted by molar-refractivity contribution is 5.78. The third-order valence-electron chi connectivity index (χ3n) is 4.24. The van der Waals surface area contributed by atoms with Crippen LogP contribution in [0, 0.1) is 6.07 Å². The first-order valence-electron chi connectivity index (χ1n) is 7.51. The molecule has 1 aliphatic carbocycles. The van der Waals surface area contributed by atoms with Gasteiger partial charge in [-0.1, -0.05) is 69.0 Å². The van der Waals surface area contributed by atoms with E-state index in [1.165, 1.54) is 54.4 Å². The van der Waals surface area contributed by atoms with Gasteiger partial charge in [-0.05, 0) is 40.8 Å². The van der Waals surface area contributed by atoms with E-state index < -0.39 is 0 Å². The molecule has 3 rings (SSSR count). The van der Waals surface area contributed by atoms with Gasteiger partial charge in [0.1, 0.15) is 0 Å². The number of hydrogen-bond acceptors (Lipinski definition) is 0. The molecule has 1 radical (unpaired) electrons. The Morgan fingerprint density at radius 2 is 1.79 bits per heavy atom. The summed E-state index contributed by atoms with van der Waals surface area (Å²) in [5.41, 5.74) is 5.87. The van der Waals surface area contributed by atoms with Crippen molar-refractivity contribution in [1.82, 2.24) is 0 Å². The Kier molecular flexibility index (Phi) is 3.68. The molecule has 2 aromatic carbocycles. The first-order chi connectivity index (χ1) is 9.42. The van der Waals surface area contributed by atoms with E-state index in [-0.39, 0.29) is 0 Å². The van der Waals surface area contributed by atoms with E-state index in [0.717, 1.165) is 0 Å². The molecule has 1 aliphatic rings. The zero-order valence-electron chi connectivity index (χ0n) is 11.7. The van der Waals surface area contributed by atoms with Gasteiger partial charge in [0.15, 0.2) is 0 Å². The minimum Gasteiger partial charge on any atom is -0.0654 e. The maximum Gasteiger partial charge on any atom is 0.0102 e. The van der Waals surface area contributed by atoms with Crippen LogP contribution in [0.5, 0.6) is 0 Å². The van der Waals surface area contributed by atoms with Crippen LogP contribution < -0.4 is 0 Å². The summed E-state index contributed by atoms with van der Waals surface area (Å²) in [5.74, 6) is 0.598. The Morgan fingerprint density at radius 3 is 2.68 bits per heavy atom. The predicted molar refractivity (Wildman–Crippen MR) is 81.3 cm³/mol. The molecule has 2 aromatic rings. The second-order valence-electron chi connectivity index (χ2n) is 5.50. The van der Waals surface area contributed by atoms with Gasteiger partial charge < -0.3 is 0 Å². The third-order valence-corrected chi connectivity index (χ3v) is 4.24. The zero-order valence-corrected chi connectivity index (χ0v) is 11.7. The summed E-state index contributed by atoms with van der Waals surface area (Å²) in [6.45, 7) is 2.27. The van der Waals surface area contributed by atoms with Crippen molar-refractivity contribution in [1.29, 1.82) is 0 Å². The van der Waals surface area contributed by atoms with E-state index in [1.807, 2.05) is 6.07 Å². The lowest BCUT2D eigenvalue weighted by Gasteiger charge is -2.13. The van der Waals surface area contributed by atoms with Crippen LogP contribution in [-0.2, 0) is 0 Å². The maximum atomic E-state index is 3.26. The minimum atomic E-state index is 0.598. The standard InChI is InChI=1S/C19H21/c1-2-3-4-5-10-15-16-11-6-8-13-18(16)19-14-9-7-12-17(15)19/h6,8-9,11-15H,2-5,10H2,1H3. The topological polar surface area (TPSA) is 0 Å². The van der Waals surface area contributed by atoms with E-state index in [0.29, 0.717) is 5.92 Å². The predicted octanol–water partition coefficient (Wildman–Crippen LogP) is 5.57. The Hall–Kier alpha value is -1.56. The minimum absolute atomic E-state index is 0.598. The number of hydrogen-bond donors (Lipinski definition) is 0. The summed E-state index contributed by atoms with van der Waals surface area (Å²) < 4.78 is 0.